The Kier molecular flexibility index (Phi) is 3.93. The molecule has 2 bridgehead atoms. The van der Waals surface area contributed by atoms with Crippen molar-refractivity contribution in [2.75, 3.05) is 20.3 Å². The number of piperidine rings is 1. The average molecular weight is 329 g/mol. The third-order valence-corrected chi connectivity index (χ3v) is 6.55. The number of amides is 1. The second kappa shape index (κ2) is 5.98. The smallest absolute Gasteiger partial charge is 0.410 e. The van der Waals surface area contributed by atoms with Gasteiger partial charge in [-0.05, 0) is 61.8 Å². The van der Waals surface area contributed by atoms with Crippen molar-refractivity contribution in [2.24, 2.45) is 5.92 Å². The number of carbonyl (C=O) groups is 1. The molecule has 24 heavy (non-hydrogen) atoms. The predicted molar refractivity (Wildman–Crippen MR) is 92.5 cm³/mol. The van der Waals surface area contributed by atoms with Gasteiger partial charge in [0.2, 0.25) is 0 Å². The van der Waals surface area contributed by atoms with Crippen molar-refractivity contribution in [3.63, 3.8) is 0 Å². The Balaban J connectivity index is 1.77. The molecule has 1 aliphatic heterocycles. The standard InChI is InChI=1S/C20H27NO3/c1-3-24-19(22)21-11-10-20-9-5-4-6-16(20)18(21)12-14-7-8-15(23-2)13-17(14)20/h7-8,13,16,18H,3-6,9-12H2,1-2H3. The molecule has 1 heterocycles. The summed E-state index contributed by atoms with van der Waals surface area (Å²) in [7, 11) is 1.74. The number of benzene rings is 1. The van der Waals surface area contributed by atoms with E-state index in [4.69, 9.17) is 9.47 Å². The van der Waals surface area contributed by atoms with Crippen LogP contribution in [0.25, 0.3) is 0 Å². The first-order valence-electron chi connectivity index (χ1n) is 9.30. The number of hydrogen-bond acceptors (Lipinski definition) is 3. The fourth-order valence-electron chi connectivity index (χ4n) is 5.54. The van der Waals surface area contributed by atoms with Crippen LogP contribution in [0.4, 0.5) is 4.79 Å². The van der Waals surface area contributed by atoms with E-state index in [0.29, 0.717) is 18.6 Å². The second-order valence-corrected chi connectivity index (χ2v) is 7.45. The Hall–Kier alpha value is -1.71. The molecule has 1 aromatic carbocycles. The lowest BCUT2D eigenvalue weighted by atomic mass is 9.52. The van der Waals surface area contributed by atoms with E-state index in [1.807, 2.05) is 11.8 Å². The van der Waals surface area contributed by atoms with Crippen LogP contribution in [-0.2, 0) is 16.6 Å². The molecule has 4 nitrogen and oxygen atoms in total. The van der Waals surface area contributed by atoms with E-state index in [9.17, 15) is 4.79 Å². The highest BCUT2D eigenvalue weighted by Gasteiger charge is 2.55. The first-order chi connectivity index (χ1) is 11.7. The fourth-order valence-corrected chi connectivity index (χ4v) is 5.54. The van der Waals surface area contributed by atoms with Gasteiger partial charge in [0.15, 0.2) is 0 Å². The number of hydrogen-bond donors (Lipinski definition) is 0. The summed E-state index contributed by atoms with van der Waals surface area (Å²) in [4.78, 5) is 14.5. The normalized spacial score (nSPS) is 31.0. The van der Waals surface area contributed by atoms with Crippen LogP contribution in [0, 0.1) is 5.92 Å². The van der Waals surface area contributed by atoms with Gasteiger partial charge >= 0.3 is 6.09 Å². The number of rotatable bonds is 2. The van der Waals surface area contributed by atoms with E-state index in [-0.39, 0.29) is 11.5 Å². The summed E-state index contributed by atoms with van der Waals surface area (Å²) in [5.74, 6) is 1.52. The predicted octanol–water partition coefficient (Wildman–Crippen LogP) is 3.91. The molecule has 4 heteroatoms. The van der Waals surface area contributed by atoms with Gasteiger partial charge in [0.25, 0.3) is 0 Å². The zero-order chi connectivity index (χ0) is 16.7. The molecule has 3 atom stereocenters. The Morgan fingerprint density at radius 2 is 2.21 bits per heavy atom. The second-order valence-electron chi connectivity index (χ2n) is 7.45. The molecule has 130 valence electrons. The molecule has 2 fully saturated rings. The van der Waals surface area contributed by atoms with Gasteiger partial charge in [-0.1, -0.05) is 18.9 Å². The highest BCUT2D eigenvalue weighted by atomic mass is 16.6. The number of methoxy groups -OCH3 is 1. The van der Waals surface area contributed by atoms with Gasteiger partial charge in [0, 0.05) is 18.0 Å². The highest BCUT2D eigenvalue weighted by Crippen LogP contribution is 2.56. The van der Waals surface area contributed by atoms with E-state index in [1.54, 1.807) is 7.11 Å². The van der Waals surface area contributed by atoms with Crippen LogP contribution in [0.3, 0.4) is 0 Å². The van der Waals surface area contributed by atoms with Crippen molar-refractivity contribution in [1.82, 2.24) is 4.90 Å². The summed E-state index contributed by atoms with van der Waals surface area (Å²) in [6.45, 7) is 3.15. The molecule has 2 aliphatic carbocycles. The van der Waals surface area contributed by atoms with Crippen molar-refractivity contribution in [3.05, 3.63) is 29.3 Å². The first kappa shape index (κ1) is 15.8. The van der Waals surface area contributed by atoms with E-state index in [0.717, 1.165) is 25.1 Å². The molecule has 1 amide bonds. The zero-order valence-corrected chi connectivity index (χ0v) is 14.7. The monoisotopic (exact) mass is 329 g/mol. The van der Waals surface area contributed by atoms with Crippen molar-refractivity contribution in [2.45, 2.75) is 56.9 Å². The molecular formula is C20H27NO3. The highest BCUT2D eigenvalue weighted by molar-refractivity contribution is 5.69. The van der Waals surface area contributed by atoms with Crippen molar-refractivity contribution in [3.8, 4) is 5.75 Å². The lowest BCUT2D eigenvalue weighted by Gasteiger charge is -2.58. The van der Waals surface area contributed by atoms with Crippen LogP contribution in [0.2, 0.25) is 0 Å². The Morgan fingerprint density at radius 3 is 3.00 bits per heavy atom. The van der Waals surface area contributed by atoms with Gasteiger partial charge in [0.1, 0.15) is 5.75 Å². The summed E-state index contributed by atoms with van der Waals surface area (Å²) in [6.07, 6.45) is 6.90. The summed E-state index contributed by atoms with van der Waals surface area (Å²) >= 11 is 0. The van der Waals surface area contributed by atoms with E-state index < -0.39 is 0 Å². The van der Waals surface area contributed by atoms with Crippen molar-refractivity contribution < 1.29 is 14.3 Å². The molecular weight excluding hydrogens is 302 g/mol. The number of likely N-dealkylation sites (tertiary alicyclic amines) is 1. The quantitative estimate of drug-likeness (QED) is 0.826. The Labute approximate surface area is 144 Å². The summed E-state index contributed by atoms with van der Waals surface area (Å²) in [5.41, 5.74) is 3.12. The molecule has 3 aliphatic rings. The minimum Gasteiger partial charge on any atom is -0.497 e. The third-order valence-electron chi connectivity index (χ3n) is 6.55. The third kappa shape index (κ3) is 2.22. The molecule has 1 aromatic rings. The van der Waals surface area contributed by atoms with Gasteiger partial charge in [-0.25, -0.2) is 4.79 Å². The Bertz CT molecular complexity index is 644. The number of ether oxygens (including phenoxy) is 2. The Morgan fingerprint density at radius 1 is 1.33 bits per heavy atom. The molecule has 4 rings (SSSR count). The van der Waals surface area contributed by atoms with Gasteiger partial charge in [0.05, 0.1) is 13.7 Å². The lowest BCUT2D eigenvalue weighted by Crippen LogP contribution is -2.62. The molecule has 1 saturated heterocycles. The van der Waals surface area contributed by atoms with Crippen LogP contribution in [0.1, 0.15) is 50.2 Å². The molecule has 1 saturated carbocycles. The van der Waals surface area contributed by atoms with Crippen LogP contribution in [0.15, 0.2) is 18.2 Å². The van der Waals surface area contributed by atoms with Crippen LogP contribution >= 0.6 is 0 Å². The number of fused-ring (bicyclic) bond motifs is 1. The van der Waals surface area contributed by atoms with Crippen molar-refractivity contribution in [1.29, 1.82) is 0 Å². The van der Waals surface area contributed by atoms with E-state index >= 15 is 0 Å². The van der Waals surface area contributed by atoms with Crippen LogP contribution in [0.5, 0.6) is 5.75 Å². The summed E-state index contributed by atoms with van der Waals surface area (Å²) in [6, 6.07) is 6.83. The SMILES string of the molecule is CCOC(=O)N1CCC23CCCCC2C1Cc1ccc(OC)cc13. The van der Waals surface area contributed by atoms with Gasteiger partial charge in [-0.15, -0.1) is 0 Å². The number of nitrogens with zero attached hydrogens (tertiary/aromatic N) is 1. The molecule has 0 spiro atoms. The van der Waals surface area contributed by atoms with Crippen LogP contribution in [-0.4, -0.2) is 37.3 Å². The van der Waals surface area contributed by atoms with E-state index in [1.165, 1.54) is 36.8 Å². The fraction of sp³-hybridized carbons (Fsp3) is 0.650. The van der Waals surface area contributed by atoms with Gasteiger partial charge in [-0.3, -0.25) is 0 Å². The molecule has 0 radical (unpaired) electrons. The minimum atomic E-state index is -0.126. The zero-order valence-electron chi connectivity index (χ0n) is 14.7. The maximum atomic E-state index is 12.5. The first-order valence-corrected chi connectivity index (χ1v) is 9.30. The van der Waals surface area contributed by atoms with Crippen LogP contribution < -0.4 is 4.74 Å². The summed E-state index contributed by atoms with van der Waals surface area (Å²) < 4.78 is 10.8. The summed E-state index contributed by atoms with van der Waals surface area (Å²) in [5, 5.41) is 0. The topological polar surface area (TPSA) is 38.8 Å². The maximum Gasteiger partial charge on any atom is 0.410 e. The number of carbonyl (C=O) groups excluding carboxylic acids is 1. The molecule has 0 N–H and O–H groups in total. The molecule has 0 aromatic heterocycles. The van der Waals surface area contributed by atoms with E-state index in [2.05, 4.69) is 18.2 Å². The lowest BCUT2D eigenvalue weighted by molar-refractivity contribution is -0.0110. The van der Waals surface area contributed by atoms with Gasteiger partial charge < -0.3 is 14.4 Å². The average Bonchev–Trinajstić information content (AvgIpc) is 2.61. The minimum absolute atomic E-state index is 0.126. The largest absolute Gasteiger partial charge is 0.497 e. The van der Waals surface area contributed by atoms with Gasteiger partial charge in [-0.2, -0.15) is 0 Å². The maximum absolute atomic E-state index is 12.5. The van der Waals surface area contributed by atoms with Crippen molar-refractivity contribution >= 4 is 6.09 Å². The molecule has 3 unspecified atom stereocenters.